The Bertz CT molecular complexity index is 836. The fourth-order valence-corrected chi connectivity index (χ4v) is 5.78. The smallest absolute Gasteiger partial charge is 0.197 e. The summed E-state index contributed by atoms with van der Waals surface area (Å²) in [5, 5.41) is 0. The molecule has 2 atom stereocenters. The Morgan fingerprint density at radius 3 is 1.87 bits per heavy atom. The molecule has 3 heterocycles. The predicted molar refractivity (Wildman–Crippen MR) is 102 cm³/mol. The van der Waals surface area contributed by atoms with Crippen LogP contribution in [0.15, 0.2) is 48.7 Å². The highest BCUT2D eigenvalue weighted by atomic mass is 35.7. The number of nitrogens with zero attached hydrogens (tertiary/aromatic N) is 1. The standard InChI is InChI=1S/C23H30NO2.ClHO4/c1-5-22(6-2)21-18-14-10-9-13-17(18)20(19-15-11-12-16-24(19)21)23(22,25-7-3)26-8-4;2-1(3,4)5/h9-16,20-21H,5-8H2,1-4H3;(H,2,3,4,5)/q+1;/p-1. The fourth-order valence-electron chi connectivity index (χ4n) is 5.78. The van der Waals surface area contributed by atoms with Gasteiger partial charge in [0.1, 0.15) is 5.92 Å². The second-order valence-electron chi connectivity index (χ2n) is 7.77. The lowest BCUT2D eigenvalue weighted by Gasteiger charge is -2.59. The Morgan fingerprint density at radius 2 is 1.35 bits per heavy atom. The van der Waals surface area contributed by atoms with Crippen molar-refractivity contribution in [3.8, 4) is 0 Å². The number of aromatic nitrogens is 1. The fraction of sp³-hybridized carbons (Fsp3) is 0.522. The molecule has 0 amide bonds. The topological polar surface area (TPSA) is 115 Å². The van der Waals surface area contributed by atoms with Crippen molar-refractivity contribution >= 4 is 0 Å². The minimum absolute atomic E-state index is 0.0877. The van der Waals surface area contributed by atoms with Gasteiger partial charge in [0.25, 0.3) is 0 Å². The van der Waals surface area contributed by atoms with E-state index in [2.05, 4.69) is 80.9 Å². The van der Waals surface area contributed by atoms with Gasteiger partial charge < -0.3 is 9.47 Å². The summed E-state index contributed by atoms with van der Waals surface area (Å²) >= 11 is 0. The van der Waals surface area contributed by atoms with Crippen LogP contribution in [-0.2, 0) is 9.47 Å². The Kier molecular flexibility index (Phi) is 7.08. The highest BCUT2D eigenvalue weighted by Crippen LogP contribution is 2.64. The van der Waals surface area contributed by atoms with Crippen LogP contribution in [-0.4, -0.2) is 19.0 Å². The van der Waals surface area contributed by atoms with Crippen LogP contribution in [0, 0.1) is 15.7 Å². The van der Waals surface area contributed by atoms with Crippen molar-refractivity contribution in [1.29, 1.82) is 0 Å². The second kappa shape index (κ2) is 9.11. The maximum Gasteiger partial charge on any atom is 0.197 e. The van der Waals surface area contributed by atoms with Crippen LogP contribution < -0.4 is 23.2 Å². The maximum absolute atomic E-state index is 8.49. The number of benzene rings is 1. The molecular weight excluding hydrogens is 422 g/mol. The summed E-state index contributed by atoms with van der Waals surface area (Å²) in [5.41, 5.74) is 4.00. The molecule has 0 fully saturated rings. The van der Waals surface area contributed by atoms with Crippen LogP contribution in [0.3, 0.4) is 0 Å². The van der Waals surface area contributed by atoms with E-state index in [1.807, 2.05) is 0 Å². The van der Waals surface area contributed by atoms with Gasteiger partial charge in [-0.05, 0) is 32.3 Å². The van der Waals surface area contributed by atoms with Crippen molar-refractivity contribution in [3.05, 3.63) is 65.5 Å². The molecule has 0 spiro atoms. The number of ether oxygens (including phenoxy) is 2. The minimum Gasteiger partial charge on any atom is -0.348 e. The zero-order valence-corrected chi connectivity index (χ0v) is 19.1. The number of halogens is 1. The first-order valence-corrected chi connectivity index (χ1v) is 11.9. The second-order valence-corrected chi connectivity index (χ2v) is 8.53. The monoisotopic (exact) mass is 451 g/mol. The number of hydrogen-bond acceptors (Lipinski definition) is 6. The zero-order chi connectivity index (χ0) is 22.9. The van der Waals surface area contributed by atoms with Crippen LogP contribution >= 0.6 is 0 Å². The molecule has 2 aromatic rings. The van der Waals surface area contributed by atoms with Gasteiger partial charge in [0.05, 0.1) is 5.41 Å². The Balaban J connectivity index is 0.000000491. The molecule has 0 N–H and O–H groups in total. The highest BCUT2D eigenvalue weighted by Gasteiger charge is 2.72. The van der Waals surface area contributed by atoms with Crippen LogP contribution in [0.1, 0.15) is 69.3 Å². The lowest BCUT2D eigenvalue weighted by molar-refractivity contribution is -2.00. The maximum atomic E-state index is 8.49. The van der Waals surface area contributed by atoms with Gasteiger partial charge in [0.2, 0.25) is 0 Å². The lowest BCUT2D eigenvalue weighted by Crippen LogP contribution is -2.73. The van der Waals surface area contributed by atoms with Crippen LogP contribution in [0.2, 0.25) is 0 Å². The first kappa shape index (κ1) is 24.1. The van der Waals surface area contributed by atoms with E-state index in [0.29, 0.717) is 13.2 Å². The summed E-state index contributed by atoms with van der Waals surface area (Å²) < 4.78 is 49.7. The van der Waals surface area contributed by atoms with Gasteiger partial charge >= 0.3 is 0 Å². The molecule has 8 heteroatoms. The molecule has 0 saturated carbocycles. The normalized spacial score (nSPS) is 22.2. The average Bonchev–Trinajstić information content (AvgIpc) is 2.73. The third-order valence-electron chi connectivity index (χ3n) is 6.68. The Hall–Kier alpha value is -1.58. The molecule has 2 bridgehead atoms. The van der Waals surface area contributed by atoms with Gasteiger partial charge in [0.15, 0.2) is 23.7 Å². The third-order valence-corrected chi connectivity index (χ3v) is 6.68. The van der Waals surface area contributed by atoms with Crippen molar-refractivity contribution in [2.24, 2.45) is 5.41 Å². The largest absolute Gasteiger partial charge is 0.348 e. The summed E-state index contributed by atoms with van der Waals surface area (Å²) in [6, 6.07) is 15.6. The third kappa shape index (κ3) is 3.89. The summed E-state index contributed by atoms with van der Waals surface area (Å²) in [7, 11) is -4.94. The van der Waals surface area contributed by atoms with Crippen molar-refractivity contribution in [1.82, 2.24) is 0 Å². The van der Waals surface area contributed by atoms with E-state index in [1.54, 1.807) is 0 Å². The Morgan fingerprint density at radius 1 is 0.839 bits per heavy atom. The van der Waals surface area contributed by atoms with E-state index in [9.17, 15) is 0 Å². The summed E-state index contributed by atoms with van der Waals surface area (Å²) in [4.78, 5) is 0. The first-order valence-electron chi connectivity index (χ1n) is 10.7. The molecule has 1 aromatic carbocycles. The molecule has 7 nitrogen and oxygen atoms in total. The molecule has 5 rings (SSSR count). The van der Waals surface area contributed by atoms with E-state index in [0.717, 1.165) is 12.8 Å². The van der Waals surface area contributed by atoms with Gasteiger partial charge in [-0.25, -0.2) is 18.6 Å². The molecule has 3 aliphatic rings. The lowest BCUT2D eigenvalue weighted by atomic mass is 9.53. The summed E-state index contributed by atoms with van der Waals surface area (Å²) in [5.74, 6) is -0.537. The van der Waals surface area contributed by atoms with Gasteiger partial charge in [-0.1, -0.05) is 44.2 Å². The summed E-state index contributed by atoms with van der Waals surface area (Å²) in [6.45, 7) is 10.1. The molecule has 0 radical (unpaired) electrons. The quantitative estimate of drug-likeness (QED) is 0.445. The van der Waals surface area contributed by atoms with Crippen molar-refractivity contribution in [3.63, 3.8) is 0 Å². The predicted octanol–water partition coefficient (Wildman–Crippen LogP) is -0.158. The number of fused-ring (bicyclic) bond motifs is 1. The van der Waals surface area contributed by atoms with Crippen molar-refractivity contribution in [2.45, 2.75) is 58.3 Å². The first-order chi connectivity index (χ1) is 14.7. The van der Waals surface area contributed by atoms with Gasteiger partial charge in [-0.2, -0.15) is 4.57 Å². The summed E-state index contributed by atoms with van der Waals surface area (Å²) in [6.07, 6.45) is 4.27. The number of hydrogen-bond donors (Lipinski definition) is 0. The van der Waals surface area contributed by atoms with E-state index in [1.165, 1.54) is 16.8 Å². The molecule has 2 unspecified atom stereocenters. The van der Waals surface area contributed by atoms with Gasteiger partial charge in [0, 0.05) is 30.9 Å². The molecule has 2 aliphatic heterocycles. The van der Waals surface area contributed by atoms with Gasteiger partial charge in [-0.15, -0.1) is 10.2 Å². The zero-order valence-electron chi connectivity index (χ0n) is 18.4. The Labute approximate surface area is 185 Å². The van der Waals surface area contributed by atoms with Crippen molar-refractivity contribution < 1.29 is 42.9 Å². The molecule has 1 aromatic heterocycles. The SMILES string of the molecule is CCOC1(OCC)C2c3ccccc3C([n+]3ccccc32)C1(CC)CC.[O-][Cl+3]([O-])([O-])[O-]. The number of pyridine rings is 1. The van der Waals surface area contributed by atoms with E-state index >= 15 is 0 Å². The van der Waals surface area contributed by atoms with E-state index in [-0.39, 0.29) is 17.4 Å². The van der Waals surface area contributed by atoms with Crippen LogP contribution in [0.4, 0.5) is 0 Å². The highest BCUT2D eigenvalue weighted by molar-refractivity contribution is 5.46. The molecule has 170 valence electrons. The van der Waals surface area contributed by atoms with E-state index < -0.39 is 16.0 Å². The number of rotatable bonds is 6. The molecule has 0 saturated heterocycles. The van der Waals surface area contributed by atoms with Crippen molar-refractivity contribution in [2.75, 3.05) is 13.2 Å². The van der Waals surface area contributed by atoms with E-state index in [4.69, 9.17) is 28.1 Å². The molecular formula is C23H30ClNO6. The average molecular weight is 452 g/mol. The minimum atomic E-state index is -4.94. The van der Waals surface area contributed by atoms with Gasteiger partial charge in [-0.3, -0.25) is 0 Å². The molecule has 31 heavy (non-hydrogen) atoms. The van der Waals surface area contributed by atoms with Crippen LogP contribution in [0.25, 0.3) is 0 Å². The molecule has 1 aliphatic carbocycles. The van der Waals surface area contributed by atoms with Crippen LogP contribution in [0.5, 0.6) is 0 Å².